The highest BCUT2D eigenvalue weighted by Crippen LogP contribution is 1.94. The fourth-order valence-electron chi connectivity index (χ4n) is 0.351. The summed E-state index contributed by atoms with van der Waals surface area (Å²) in [5.41, 5.74) is 2.33. The van der Waals surface area contributed by atoms with Gasteiger partial charge in [-0.15, -0.1) is 0 Å². The van der Waals surface area contributed by atoms with Crippen molar-refractivity contribution in [2.45, 2.75) is 20.3 Å². The van der Waals surface area contributed by atoms with E-state index in [1.165, 1.54) is 6.92 Å². The van der Waals surface area contributed by atoms with E-state index in [0.29, 0.717) is 12.0 Å². The van der Waals surface area contributed by atoms with Crippen molar-refractivity contribution in [1.29, 1.82) is 0 Å². The molecule has 0 unspecified atom stereocenters. The van der Waals surface area contributed by atoms with Crippen LogP contribution in [-0.4, -0.2) is 11.9 Å². The third-order valence-electron chi connectivity index (χ3n) is 1.04. The highest BCUT2D eigenvalue weighted by molar-refractivity contribution is 5.92. The van der Waals surface area contributed by atoms with Gasteiger partial charge in [0.05, 0.1) is 0 Å². The fourth-order valence-corrected chi connectivity index (χ4v) is 0.351. The third-order valence-corrected chi connectivity index (χ3v) is 1.04. The average Bonchev–Trinajstić information content (AvgIpc) is 1.98. The lowest BCUT2D eigenvalue weighted by Crippen LogP contribution is -2.26. The molecular formula is C7H11NO3. The second-order valence-electron chi connectivity index (χ2n) is 1.98. The minimum Gasteiger partial charge on any atom is -0.341 e. The molecule has 0 rings (SSSR count). The van der Waals surface area contributed by atoms with E-state index in [9.17, 15) is 9.59 Å². The molecule has 0 aliphatic carbocycles. The van der Waals surface area contributed by atoms with Crippen molar-refractivity contribution in [1.82, 2.24) is 5.48 Å². The van der Waals surface area contributed by atoms with Crippen LogP contribution in [-0.2, 0) is 14.4 Å². The molecule has 0 fully saturated rings. The minimum atomic E-state index is -0.553. The van der Waals surface area contributed by atoms with Gasteiger partial charge in [0, 0.05) is 12.5 Å². The zero-order chi connectivity index (χ0) is 8.85. The standard InChI is InChI=1S/C7H11NO3/c1-4-5(2)7(10)8-11-6(3)9/h2,4H2,1,3H3,(H,8,10). The molecule has 1 N–H and O–H groups in total. The maximum absolute atomic E-state index is 10.8. The molecule has 4 heteroatoms. The van der Waals surface area contributed by atoms with Gasteiger partial charge in [-0.3, -0.25) is 9.59 Å². The van der Waals surface area contributed by atoms with Gasteiger partial charge in [-0.1, -0.05) is 13.5 Å². The van der Waals surface area contributed by atoms with Crippen LogP contribution < -0.4 is 5.48 Å². The van der Waals surface area contributed by atoms with Gasteiger partial charge in [0.1, 0.15) is 0 Å². The number of carbonyl (C=O) groups is 2. The first kappa shape index (κ1) is 9.68. The first-order valence-corrected chi connectivity index (χ1v) is 3.23. The number of rotatable bonds is 2. The highest BCUT2D eigenvalue weighted by Gasteiger charge is 2.04. The number of amides is 1. The van der Waals surface area contributed by atoms with Gasteiger partial charge < -0.3 is 4.84 Å². The van der Waals surface area contributed by atoms with Crippen LogP contribution in [0.15, 0.2) is 12.2 Å². The number of carbonyl (C=O) groups excluding carboxylic acids is 2. The highest BCUT2D eigenvalue weighted by atomic mass is 16.7. The third kappa shape index (κ3) is 4.13. The lowest BCUT2D eigenvalue weighted by molar-refractivity contribution is -0.154. The molecule has 0 aromatic heterocycles. The Kier molecular flexibility index (Phi) is 3.95. The topological polar surface area (TPSA) is 55.4 Å². The van der Waals surface area contributed by atoms with Gasteiger partial charge >= 0.3 is 5.97 Å². The molecule has 0 radical (unpaired) electrons. The van der Waals surface area contributed by atoms with E-state index in [0.717, 1.165) is 0 Å². The maximum atomic E-state index is 10.8. The normalized spacial score (nSPS) is 8.55. The number of nitrogens with one attached hydrogen (secondary N) is 1. The SMILES string of the molecule is C=C(CC)C(=O)NOC(C)=O. The largest absolute Gasteiger partial charge is 0.341 e. The molecule has 4 nitrogen and oxygen atoms in total. The van der Waals surface area contributed by atoms with E-state index in [2.05, 4.69) is 11.4 Å². The summed E-state index contributed by atoms with van der Waals surface area (Å²) in [4.78, 5) is 25.2. The van der Waals surface area contributed by atoms with Crippen molar-refractivity contribution in [3.63, 3.8) is 0 Å². The molecular weight excluding hydrogens is 146 g/mol. The first-order valence-electron chi connectivity index (χ1n) is 3.23. The molecule has 0 saturated heterocycles. The summed E-state index contributed by atoms with van der Waals surface area (Å²) in [6, 6.07) is 0. The van der Waals surface area contributed by atoms with E-state index < -0.39 is 11.9 Å². The van der Waals surface area contributed by atoms with E-state index in [4.69, 9.17) is 0 Å². The van der Waals surface area contributed by atoms with Gasteiger partial charge in [-0.2, -0.15) is 5.48 Å². The lowest BCUT2D eigenvalue weighted by atomic mass is 10.2. The Bertz CT molecular complexity index is 186. The van der Waals surface area contributed by atoms with Crippen LogP contribution in [0.4, 0.5) is 0 Å². The molecule has 0 bridgehead atoms. The van der Waals surface area contributed by atoms with Crippen LogP contribution in [0.3, 0.4) is 0 Å². The van der Waals surface area contributed by atoms with Crippen LogP contribution in [0.5, 0.6) is 0 Å². The van der Waals surface area contributed by atoms with Gasteiger partial charge in [0.25, 0.3) is 5.91 Å². The predicted molar refractivity (Wildman–Crippen MR) is 39.3 cm³/mol. The molecule has 0 aliphatic rings. The molecule has 62 valence electrons. The van der Waals surface area contributed by atoms with Crippen LogP contribution in [0.2, 0.25) is 0 Å². The van der Waals surface area contributed by atoms with Gasteiger partial charge in [-0.25, -0.2) is 0 Å². The molecule has 11 heavy (non-hydrogen) atoms. The molecule has 0 spiro atoms. The molecule has 1 amide bonds. The van der Waals surface area contributed by atoms with E-state index in [1.807, 2.05) is 5.48 Å². The van der Waals surface area contributed by atoms with Crippen molar-refractivity contribution >= 4 is 11.9 Å². The molecule has 0 heterocycles. The summed E-state index contributed by atoms with van der Waals surface area (Å²) < 4.78 is 0. The Morgan fingerprint density at radius 3 is 2.45 bits per heavy atom. The average molecular weight is 157 g/mol. The van der Waals surface area contributed by atoms with Crippen LogP contribution in [0, 0.1) is 0 Å². The quantitative estimate of drug-likeness (QED) is 0.470. The van der Waals surface area contributed by atoms with E-state index >= 15 is 0 Å². The minimum absolute atomic E-state index is 0.381. The Morgan fingerprint density at radius 2 is 2.09 bits per heavy atom. The Morgan fingerprint density at radius 1 is 1.55 bits per heavy atom. The molecule has 0 atom stereocenters. The summed E-state index contributed by atoms with van der Waals surface area (Å²) in [6.45, 7) is 6.44. The fraction of sp³-hybridized carbons (Fsp3) is 0.429. The van der Waals surface area contributed by atoms with Gasteiger partial charge in [0.2, 0.25) is 0 Å². The molecule has 0 aromatic rings. The number of hydrogen-bond donors (Lipinski definition) is 1. The summed E-state index contributed by atoms with van der Waals surface area (Å²) in [6.07, 6.45) is 0.535. The van der Waals surface area contributed by atoms with Crippen molar-refractivity contribution in [3.8, 4) is 0 Å². The van der Waals surface area contributed by atoms with Crippen molar-refractivity contribution in [2.24, 2.45) is 0 Å². The van der Waals surface area contributed by atoms with E-state index in [-0.39, 0.29) is 0 Å². The summed E-state index contributed by atoms with van der Waals surface area (Å²) >= 11 is 0. The second kappa shape index (κ2) is 4.49. The molecule has 0 aromatic carbocycles. The maximum Gasteiger partial charge on any atom is 0.329 e. The van der Waals surface area contributed by atoms with Crippen LogP contribution in [0.25, 0.3) is 0 Å². The van der Waals surface area contributed by atoms with E-state index in [1.54, 1.807) is 6.92 Å². The van der Waals surface area contributed by atoms with Crippen molar-refractivity contribution < 1.29 is 14.4 Å². The number of hydrogen-bond acceptors (Lipinski definition) is 3. The Balaban J connectivity index is 3.70. The monoisotopic (exact) mass is 157 g/mol. The van der Waals surface area contributed by atoms with Gasteiger partial charge in [-0.05, 0) is 6.42 Å². The van der Waals surface area contributed by atoms with Crippen LogP contribution >= 0.6 is 0 Å². The lowest BCUT2D eigenvalue weighted by Gasteiger charge is -2.02. The zero-order valence-corrected chi connectivity index (χ0v) is 6.64. The smallest absolute Gasteiger partial charge is 0.329 e. The first-order chi connectivity index (χ1) is 5.07. The van der Waals surface area contributed by atoms with Crippen molar-refractivity contribution in [3.05, 3.63) is 12.2 Å². The summed E-state index contributed by atoms with van der Waals surface area (Å²) in [5.74, 6) is -1.01. The van der Waals surface area contributed by atoms with Crippen molar-refractivity contribution in [2.75, 3.05) is 0 Å². The zero-order valence-electron chi connectivity index (χ0n) is 6.64. The second-order valence-corrected chi connectivity index (χ2v) is 1.98. The Labute approximate surface area is 65.2 Å². The number of hydroxylamine groups is 1. The molecule has 0 saturated carbocycles. The Hall–Kier alpha value is -1.32. The van der Waals surface area contributed by atoms with Crippen LogP contribution in [0.1, 0.15) is 20.3 Å². The molecule has 0 aliphatic heterocycles. The summed E-state index contributed by atoms with van der Waals surface area (Å²) in [5, 5.41) is 0. The predicted octanol–water partition coefficient (Wildman–Crippen LogP) is 0.547. The summed E-state index contributed by atoms with van der Waals surface area (Å²) in [7, 11) is 0. The van der Waals surface area contributed by atoms with Gasteiger partial charge in [0.15, 0.2) is 0 Å².